The number of hydrogen-bond acceptors (Lipinski definition) is 7. The number of anilines is 2. The SMILES string of the molecule is [2H]C([2H])([2H])n1nccc1Nc1ncc(C)c(-c2cn3c(n2)C(=O)N(Cc2ccc(F)c(F)c2)[C@@H](COC)C3)n1. The molecular formula is C24H24F2N8O2. The minimum atomic E-state index is -2.49. The van der Waals surface area contributed by atoms with E-state index in [0.29, 0.717) is 29.1 Å². The van der Waals surface area contributed by atoms with E-state index in [1.807, 2.05) is 0 Å². The lowest BCUT2D eigenvalue weighted by Gasteiger charge is -2.35. The van der Waals surface area contributed by atoms with E-state index in [9.17, 15) is 13.6 Å². The van der Waals surface area contributed by atoms with Gasteiger partial charge in [-0.2, -0.15) is 5.10 Å². The molecular weight excluding hydrogens is 470 g/mol. The number of rotatable bonds is 7. The van der Waals surface area contributed by atoms with Crippen LogP contribution in [0.2, 0.25) is 0 Å². The molecule has 1 atom stereocenters. The molecule has 0 spiro atoms. The molecule has 0 radical (unpaired) electrons. The number of nitrogens with one attached hydrogen (secondary N) is 1. The summed E-state index contributed by atoms with van der Waals surface area (Å²) in [6.07, 6.45) is 4.61. The average molecular weight is 498 g/mol. The van der Waals surface area contributed by atoms with Gasteiger partial charge in [0.25, 0.3) is 5.91 Å². The number of halogens is 2. The number of carbonyl (C=O) groups excluding carboxylic acids is 1. The van der Waals surface area contributed by atoms with Gasteiger partial charge in [-0.25, -0.2) is 23.7 Å². The highest BCUT2D eigenvalue weighted by molar-refractivity contribution is 5.92. The molecule has 0 saturated heterocycles. The molecule has 4 heterocycles. The standard InChI is InChI=1S/C24H24F2N8O2/c1-14-9-27-24(30-20-6-7-28-32(20)2)31-21(14)19-12-33-11-16(13-36-3)34(23(35)22(33)29-19)10-15-4-5-17(25)18(26)8-15/h4-9,12,16H,10-11,13H2,1-3H3,(H,27,30,31)/t16-/m1/s1/i2D3. The van der Waals surface area contributed by atoms with E-state index in [4.69, 9.17) is 8.85 Å². The number of carbonyl (C=O) groups is 1. The number of methoxy groups -OCH3 is 1. The van der Waals surface area contributed by atoms with Gasteiger partial charge < -0.3 is 19.5 Å². The van der Waals surface area contributed by atoms with Crippen molar-refractivity contribution in [1.82, 2.24) is 34.2 Å². The van der Waals surface area contributed by atoms with Crippen LogP contribution < -0.4 is 5.32 Å². The second kappa shape index (κ2) is 9.46. The van der Waals surface area contributed by atoms with Crippen molar-refractivity contribution in [1.29, 1.82) is 0 Å². The predicted molar refractivity (Wildman–Crippen MR) is 126 cm³/mol. The van der Waals surface area contributed by atoms with E-state index in [2.05, 4.69) is 25.4 Å². The zero-order valence-corrected chi connectivity index (χ0v) is 19.4. The molecule has 0 unspecified atom stereocenters. The van der Waals surface area contributed by atoms with Gasteiger partial charge in [-0.1, -0.05) is 6.07 Å². The molecule has 4 aromatic rings. The summed E-state index contributed by atoms with van der Waals surface area (Å²) in [5, 5.41) is 6.70. The monoisotopic (exact) mass is 497 g/mol. The molecule has 1 N–H and O–H groups in total. The highest BCUT2D eigenvalue weighted by Crippen LogP contribution is 2.27. The van der Waals surface area contributed by atoms with E-state index in [1.54, 1.807) is 23.9 Å². The molecule has 0 saturated carbocycles. The van der Waals surface area contributed by atoms with Crippen molar-refractivity contribution in [2.24, 2.45) is 6.98 Å². The lowest BCUT2D eigenvalue weighted by atomic mass is 10.1. The van der Waals surface area contributed by atoms with Crippen molar-refractivity contribution in [2.45, 2.75) is 26.1 Å². The Morgan fingerprint density at radius 1 is 1.25 bits per heavy atom. The van der Waals surface area contributed by atoms with Gasteiger partial charge in [0.15, 0.2) is 17.5 Å². The minimum absolute atomic E-state index is 0.0457. The zero-order valence-electron chi connectivity index (χ0n) is 22.4. The summed E-state index contributed by atoms with van der Waals surface area (Å²) < 4.78 is 58.0. The van der Waals surface area contributed by atoms with Crippen molar-refractivity contribution in [3.8, 4) is 11.4 Å². The molecule has 3 aromatic heterocycles. The van der Waals surface area contributed by atoms with Gasteiger partial charge in [0.2, 0.25) is 5.95 Å². The van der Waals surface area contributed by atoms with Gasteiger partial charge in [-0.05, 0) is 30.2 Å². The van der Waals surface area contributed by atoms with Crippen LogP contribution in [0, 0.1) is 18.6 Å². The molecule has 12 heteroatoms. The Balaban J connectivity index is 1.45. The van der Waals surface area contributed by atoms with Crippen molar-refractivity contribution in [3.63, 3.8) is 0 Å². The van der Waals surface area contributed by atoms with E-state index in [1.165, 1.54) is 30.3 Å². The van der Waals surface area contributed by atoms with Gasteiger partial charge in [-0.3, -0.25) is 9.48 Å². The number of nitrogens with zero attached hydrogens (tertiary/aromatic N) is 7. The summed E-state index contributed by atoms with van der Waals surface area (Å²) in [7, 11) is 1.52. The number of ether oxygens (including phenoxy) is 1. The Bertz CT molecular complexity index is 1540. The fourth-order valence-electron chi connectivity index (χ4n) is 4.10. The van der Waals surface area contributed by atoms with Crippen LogP contribution in [0.4, 0.5) is 20.5 Å². The third-order valence-electron chi connectivity index (χ3n) is 5.87. The average Bonchev–Trinajstić information content (AvgIpc) is 3.52. The smallest absolute Gasteiger partial charge is 0.290 e. The van der Waals surface area contributed by atoms with Gasteiger partial charge >= 0.3 is 0 Å². The van der Waals surface area contributed by atoms with E-state index in [-0.39, 0.29) is 36.8 Å². The number of hydrogen-bond donors (Lipinski definition) is 1. The Hall–Kier alpha value is -4.19. The van der Waals surface area contributed by atoms with Crippen LogP contribution in [0.1, 0.15) is 25.9 Å². The number of imidazole rings is 1. The second-order valence-electron chi connectivity index (χ2n) is 8.37. The van der Waals surface area contributed by atoms with E-state index >= 15 is 0 Å². The zero-order chi connectivity index (χ0) is 27.9. The number of aromatic nitrogens is 6. The highest BCUT2D eigenvalue weighted by atomic mass is 19.2. The molecule has 0 aliphatic carbocycles. The summed E-state index contributed by atoms with van der Waals surface area (Å²) in [5.41, 5.74) is 1.97. The van der Waals surface area contributed by atoms with Gasteiger partial charge in [0.05, 0.1) is 24.5 Å². The molecule has 1 aliphatic heterocycles. The first-order valence-electron chi connectivity index (χ1n) is 12.5. The maximum atomic E-state index is 13.8. The first kappa shape index (κ1) is 20.0. The summed E-state index contributed by atoms with van der Waals surface area (Å²) >= 11 is 0. The molecule has 0 fully saturated rings. The lowest BCUT2D eigenvalue weighted by Crippen LogP contribution is -2.49. The highest BCUT2D eigenvalue weighted by Gasteiger charge is 2.35. The van der Waals surface area contributed by atoms with E-state index in [0.717, 1.165) is 16.8 Å². The Morgan fingerprint density at radius 2 is 2.11 bits per heavy atom. The molecule has 1 amide bonds. The van der Waals surface area contributed by atoms with Crippen molar-refractivity contribution in [2.75, 3.05) is 19.0 Å². The fourth-order valence-corrected chi connectivity index (χ4v) is 4.10. The number of benzene rings is 1. The topological polar surface area (TPSA) is 103 Å². The molecule has 10 nitrogen and oxygen atoms in total. The summed E-state index contributed by atoms with van der Waals surface area (Å²) in [4.78, 5) is 28.3. The number of fused-ring (bicyclic) bond motifs is 1. The molecule has 36 heavy (non-hydrogen) atoms. The molecule has 5 rings (SSSR count). The second-order valence-corrected chi connectivity index (χ2v) is 8.37. The van der Waals surface area contributed by atoms with Gasteiger partial charge in [-0.15, -0.1) is 0 Å². The fraction of sp³-hybridized carbons (Fsp3) is 0.292. The third kappa shape index (κ3) is 4.42. The Labute approximate surface area is 209 Å². The van der Waals surface area contributed by atoms with Crippen LogP contribution in [-0.2, 0) is 24.8 Å². The minimum Gasteiger partial charge on any atom is -0.382 e. The molecule has 186 valence electrons. The maximum absolute atomic E-state index is 13.8. The maximum Gasteiger partial charge on any atom is 0.290 e. The number of aryl methyl sites for hydroxylation is 2. The third-order valence-corrected chi connectivity index (χ3v) is 5.87. The molecule has 1 aromatic carbocycles. The first-order valence-corrected chi connectivity index (χ1v) is 11.0. The Kier molecular flexibility index (Phi) is 5.27. The summed E-state index contributed by atoms with van der Waals surface area (Å²) in [5.74, 6) is -1.89. The van der Waals surface area contributed by atoms with Crippen LogP contribution in [-0.4, -0.2) is 59.9 Å². The van der Waals surface area contributed by atoms with Gasteiger partial charge in [0, 0.05) is 49.7 Å². The first-order chi connectivity index (χ1) is 18.5. The van der Waals surface area contributed by atoms with Gasteiger partial charge in [0.1, 0.15) is 11.5 Å². The van der Waals surface area contributed by atoms with Crippen LogP contribution in [0.15, 0.2) is 42.9 Å². The quantitative estimate of drug-likeness (QED) is 0.419. The Morgan fingerprint density at radius 3 is 2.89 bits per heavy atom. The molecule has 1 aliphatic rings. The lowest BCUT2D eigenvalue weighted by molar-refractivity contribution is 0.0379. The predicted octanol–water partition coefficient (Wildman–Crippen LogP) is 3.07. The normalized spacial score (nSPS) is 16.9. The molecule has 0 bridgehead atoms. The summed E-state index contributed by atoms with van der Waals surface area (Å²) in [6.45, 7) is -0.0786. The van der Waals surface area contributed by atoms with Crippen molar-refractivity contribution in [3.05, 3.63) is 71.4 Å². The van der Waals surface area contributed by atoms with Crippen molar-refractivity contribution >= 4 is 17.7 Å². The largest absolute Gasteiger partial charge is 0.382 e. The van der Waals surface area contributed by atoms with E-state index < -0.39 is 24.5 Å². The van der Waals surface area contributed by atoms with Crippen molar-refractivity contribution < 1.29 is 22.4 Å². The van der Waals surface area contributed by atoms with Crippen LogP contribution >= 0.6 is 0 Å². The number of amides is 1. The van der Waals surface area contributed by atoms with Crippen LogP contribution in [0.3, 0.4) is 0 Å². The summed E-state index contributed by atoms with van der Waals surface area (Å²) in [6, 6.07) is 4.63. The van der Waals surface area contributed by atoms with Crippen LogP contribution in [0.25, 0.3) is 11.4 Å². The van der Waals surface area contributed by atoms with Crippen LogP contribution in [0.5, 0.6) is 0 Å².